The third-order valence-corrected chi connectivity index (χ3v) is 4.59. The molecule has 160 valence electrons. The van der Waals surface area contributed by atoms with Gasteiger partial charge in [-0.2, -0.15) is 22.0 Å². The third-order valence-electron chi connectivity index (χ3n) is 4.59. The van der Waals surface area contributed by atoms with Gasteiger partial charge in [0.15, 0.2) is 6.61 Å². The molecule has 2 amide bonds. The molecule has 0 bridgehead atoms. The zero-order chi connectivity index (χ0) is 21.4. The summed E-state index contributed by atoms with van der Waals surface area (Å²) in [6.45, 7) is -1.86. The van der Waals surface area contributed by atoms with Crippen molar-refractivity contribution in [3.05, 3.63) is 23.4 Å². The number of alkyl halides is 5. The minimum atomic E-state index is -5.77. The molecule has 2 fully saturated rings. The van der Waals surface area contributed by atoms with Gasteiger partial charge < -0.3 is 20.5 Å². The smallest absolute Gasteiger partial charge is 0.456 e. The standard InChI is InChI=1S/C17H18F5N3O4/c18-16(19,17(20,21)22)8-29-14-10(9-1-2-9)3-4-11(24-14)13(27)25-15(5-12(23)26)6-28-7-15/h3-4,9H,1-2,5-8H2,(H2,23,26)(H,25,27). The van der Waals surface area contributed by atoms with Crippen molar-refractivity contribution in [2.24, 2.45) is 5.73 Å². The molecule has 1 aromatic rings. The Morgan fingerprint density at radius 3 is 2.38 bits per heavy atom. The second-order valence-electron chi connectivity index (χ2n) is 7.23. The average Bonchev–Trinajstić information content (AvgIpc) is 3.41. The molecular formula is C17H18F5N3O4. The maximum atomic E-state index is 13.2. The molecule has 29 heavy (non-hydrogen) atoms. The molecule has 2 aliphatic rings. The number of nitrogens with one attached hydrogen (secondary N) is 1. The maximum Gasteiger partial charge on any atom is 0.456 e. The first-order valence-corrected chi connectivity index (χ1v) is 8.69. The normalized spacial score (nSPS) is 18.7. The summed E-state index contributed by atoms with van der Waals surface area (Å²) in [5.41, 5.74) is 4.25. The molecule has 0 spiro atoms. The Bertz CT molecular complexity index is 807. The van der Waals surface area contributed by atoms with Crippen LogP contribution in [-0.2, 0) is 9.53 Å². The van der Waals surface area contributed by atoms with E-state index in [0.717, 1.165) is 0 Å². The van der Waals surface area contributed by atoms with Gasteiger partial charge in [0, 0.05) is 5.56 Å². The van der Waals surface area contributed by atoms with Crippen LogP contribution in [-0.4, -0.2) is 54.3 Å². The number of amides is 2. The predicted octanol–water partition coefficient (Wildman–Crippen LogP) is 1.91. The van der Waals surface area contributed by atoms with Crippen molar-refractivity contribution in [1.82, 2.24) is 10.3 Å². The van der Waals surface area contributed by atoms with Gasteiger partial charge in [0.05, 0.1) is 25.2 Å². The summed E-state index contributed by atoms with van der Waals surface area (Å²) >= 11 is 0. The highest BCUT2D eigenvalue weighted by Crippen LogP contribution is 2.44. The van der Waals surface area contributed by atoms with E-state index in [1.165, 1.54) is 12.1 Å². The van der Waals surface area contributed by atoms with Crippen LogP contribution in [0.3, 0.4) is 0 Å². The molecule has 1 saturated heterocycles. The Morgan fingerprint density at radius 2 is 1.90 bits per heavy atom. The number of primary amides is 1. The number of ether oxygens (including phenoxy) is 2. The Balaban J connectivity index is 1.77. The van der Waals surface area contributed by atoms with Crippen LogP contribution < -0.4 is 15.8 Å². The Labute approximate surface area is 161 Å². The van der Waals surface area contributed by atoms with Gasteiger partial charge in [0.2, 0.25) is 11.8 Å². The number of aromatic nitrogens is 1. The number of hydrogen-bond donors (Lipinski definition) is 2. The Kier molecular flexibility index (Phi) is 5.41. The number of nitrogens with two attached hydrogens (primary N) is 1. The van der Waals surface area contributed by atoms with Gasteiger partial charge in [-0.15, -0.1) is 0 Å². The molecule has 0 radical (unpaired) electrons. The van der Waals surface area contributed by atoms with E-state index in [0.29, 0.717) is 18.4 Å². The fourth-order valence-corrected chi connectivity index (χ4v) is 2.84. The summed E-state index contributed by atoms with van der Waals surface area (Å²) < 4.78 is 73.3. The summed E-state index contributed by atoms with van der Waals surface area (Å²) in [5.74, 6) is -7.01. The predicted molar refractivity (Wildman–Crippen MR) is 87.5 cm³/mol. The van der Waals surface area contributed by atoms with Crippen LogP contribution in [0.5, 0.6) is 5.88 Å². The second-order valence-corrected chi connectivity index (χ2v) is 7.23. The fourth-order valence-electron chi connectivity index (χ4n) is 2.84. The molecule has 3 rings (SSSR count). The minimum Gasteiger partial charge on any atom is -0.471 e. The molecule has 3 N–H and O–H groups in total. The van der Waals surface area contributed by atoms with Crippen LogP contribution in [0.15, 0.2) is 12.1 Å². The van der Waals surface area contributed by atoms with Crippen molar-refractivity contribution >= 4 is 11.8 Å². The average molecular weight is 423 g/mol. The molecule has 1 aromatic heterocycles. The number of halogens is 5. The summed E-state index contributed by atoms with van der Waals surface area (Å²) in [6.07, 6.45) is -4.54. The van der Waals surface area contributed by atoms with Crippen molar-refractivity contribution in [3.63, 3.8) is 0 Å². The van der Waals surface area contributed by atoms with Crippen molar-refractivity contribution in [2.45, 2.75) is 42.8 Å². The topological polar surface area (TPSA) is 104 Å². The van der Waals surface area contributed by atoms with E-state index in [1.54, 1.807) is 0 Å². The SMILES string of the molecule is NC(=O)CC1(NC(=O)c2ccc(C3CC3)c(OCC(F)(F)C(F)(F)F)n2)COC1. The van der Waals surface area contributed by atoms with E-state index in [9.17, 15) is 31.5 Å². The lowest BCUT2D eigenvalue weighted by atomic mass is 9.92. The van der Waals surface area contributed by atoms with Crippen LogP contribution in [0.25, 0.3) is 0 Å². The highest BCUT2D eigenvalue weighted by molar-refractivity contribution is 5.93. The quantitative estimate of drug-likeness (QED) is 0.622. The van der Waals surface area contributed by atoms with Crippen molar-refractivity contribution in [1.29, 1.82) is 0 Å². The molecule has 1 aliphatic carbocycles. The zero-order valence-corrected chi connectivity index (χ0v) is 15.0. The number of hydrogen-bond acceptors (Lipinski definition) is 5. The molecular weight excluding hydrogens is 405 g/mol. The molecule has 1 saturated carbocycles. The van der Waals surface area contributed by atoms with E-state index >= 15 is 0 Å². The van der Waals surface area contributed by atoms with Crippen LogP contribution in [0.2, 0.25) is 0 Å². The van der Waals surface area contributed by atoms with Gasteiger partial charge in [-0.25, -0.2) is 4.98 Å². The highest BCUT2D eigenvalue weighted by Gasteiger charge is 2.58. The summed E-state index contributed by atoms with van der Waals surface area (Å²) in [6, 6.07) is 2.73. The molecule has 12 heteroatoms. The zero-order valence-electron chi connectivity index (χ0n) is 15.0. The molecule has 0 aromatic carbocycles. The van der Waals surface area contributed by atoms with E-state index < -0.39 is 41.9 Å². The van der Waals surface area contributed by atoms with Gasteiger partial charge >= 0.3 is 12.1 Å². The Morgan fingerprint density at radius 1 is 1.24 bits per heavy atom. The maximum absolute atomic E-state index is 13.2. The molecule has 0 atom stereocenters. The number of rotatable bonds is 8. The summed E-state index contributed by atoms with van der Waals surface area (Å²) in [7, 11) is 0. The van der Waals surface area contributed by atoms with Gasteiger partial charge in [0.25, 0.3) is 5.91 Å². The van der Waals surface area contributed by atoms with E-state index in [2.05, 4.69) is 10.3 Å². The van der Waals surface area contributed by atoms with Crippen molar-refractivity contribution in [2.75, 3.05) is 19.8 Å². The lowest BCUT2D eigenvalue weighted by molar-refractivity contribution is -0.290. The molecule has 0 unspecified atom stereocenters. The van der Waals surface area contributed by atoms with Crippen LogP contribution in [0.4, 0.5) is 22.0 Å². The largest absolute Gasteiger partial charge is 0.471 e. The molecule has 1 aliphatic heterocycles. The first-order valence-electron chi connectivity index (χ1n) is 8.69. The summed E-state index contributed by atoms with van der Waals surface area (Å²) in [4.78, 5) is 27.5. The third kappa shape index (κ3) is 4.74. The molecule has 2 heterocycles. The lowest BCUT2D eigenvalue weighted by Gasteiger charge is -2.41. The molecule has 7 nitrogen and oxygen atoms in total. The van der Waals surface area contributed by atoms with E-state index in [1.807, 2.05) is 0 Å². The van der Waals surface area contributed by atoms with Gasteiger partial charge in [0.1, 0.15) is 5.69 Å². The van der Waals surface area contributed by atoms with Crippen LogP contribution in [0.1, 0.15) is 41.2 Å². The van der Waals surface area contributed by atoms with Gasteiger partial charge in [-0.05, 0) is 24.8 Å². The number of carbonyl (C=O) groups excluding carboxylic acids is 2. The monoisotopic (exact) mass is 423 g/mol. The van der Waals surface area contributed by atoms with Crippen molar-refractivity contribution in [3.8, 4) is 5.88 Å². The number of nitrogens with zero attached hydrogens (tertiary/aromatic N) is 1. The fraction of sp³-hybridized carbons (Fsp3) is 0.588. The van der Waals surface area contributed by atoms with Gasteiger partial charge in [-0.1, -0.05) is 6.07 Å². The summed E-state index contributed by atoms with van der Waals surface area (Å²) in [5, 5.41) is 2.55. The van der Waals surface area contributed by atoms with Crippen molar-refractivity contribution < 1.29 is 41.0 Å². The first kappa shape index (κ1) is 21.2. The number of pyridine rings is 1. The Hall–Kier alpha value is -2.50. The van der Waals surface area contributed by atoms with E-state index in [-0.39, 0.29) is 31.2 Å². The van der Waals surface area contributed by atoms with E-state index in [4.69, 9.17) is 15.2 Å². The lowest BCUT2D eigenvalue weighted by Crippen LogP contribution is -2.63. The van der Waals surface area contributed by atoms with Gasteiger partial charge in [-0.3, -0.25) is 9.59 Å². The minimum absolute atomic E-state index is 0.0446. The highest BCUT2D eigenvalue weighted by atomic mass is 19.4. The second kappa shape index (κ2) is 7.39. The van der Waals surface area contributed by atoms with Crippen LogP contribution in [0, 0.1) is 0 Å². The number of carbonyl (C=O) groups is 2. The van der Waals surface area contributed by atoms with Crippen LogP contribution >= 0.6 is 0 Å². The first-order chi connectivity index (χ1) is 13.4.